The Bertz CT molecular complexity index is 703. The molecule has 3 nitrogen and oxygen atoms in total. The van der Waals surface area contributed by atoms with Crippen molar-refractivity contribution in [1.82, 2.24) is 0 Å². The van der Waals surface area contributed by atoms with E-state index in [0.29, 0.717) is 12.0 Å². The first kappa shape index (κ1) is 20.2. The molecule has 0 saturated carbocycles. The van der Waals surface area contributed by atoms with Crippen molar-refractivity contribution in [2.24, 2.45) is 0 Å². The predicted octanol–water partition coefficient (Wildman–Crippen LogP) is 4.28. The van der Waals surface area contributed by atoms with Gasteiger partial charge in [0, 0.05) is 5.25 Å². The molecule has 0 fully saturated rings. The van der Waals surface area contributed by atoms with Crippen molar-refractivity contribution < 1.29 is 14.4 Å². The van der Waals surface area contributed by atoms with Crippen molar-refractivity contribution in [3.05, 3.63) is 58.7 Å². The number of carbonyl (C=O) groups excluding carboxylic acids is 3. The van der Waals surface area contributed by atoms with E-state index in [1.807, 2.05) is 19.1 Å². The van der Waals surface area contributed by atoms with E-state index in [1.165, 1.54) is 11.1 Å². The van der Waals surface area contributed by atoms with Crippen molar-refractivity contribution in [2.75, 3.05) is 5.75 Å². The molecular formula is C22H26O3S. The molecule has 0 amide bonds. The van der Waals surface area contributed by atoms with Crippen molar-refractivity contribution >= 4 is 34.7 Å². The molecule has 2 atom stereocenters. The summed E-state index contributed by atoms with van der Waals surface area (Å²) < 4.78 is 0. The van der Waals surface area contributed by atoms with Gasteiger partial charge in [-0.2, -0.15) is 10.5 Å². The van der Waals surface area contributed by atoms with E-state index in [2.05, 4.69) is 24.1 Å². The van der Waals surface area contributed by atoms with E-state index in [0.717, 1.165) is 61.4 Å². The number of allylic oxidation sites excluding steroid dienone is 7. The Hall–Kier alpha value is -2.07. The van der Waals surface area contributed by atoms with Gasteiger partial charge in [-0.1, -0.05) is 42.0 Å². The summed E-state index contributed by atoms with van der Waals surface area (Å²) in [6.07, 6.45) is 14.8. The van der Waals surface area contributed by atoms with E-state index >= 15 is 0 Å². The molecule has 2 aliphatic rings. The molecule has 0 saturated heterocycles. The lowest BCUT2D eigenvalue weighted by molar-refractivity contribution is -0.105. The molecule has 0 aromatic rings. The van der Waals surface area contributed by atoms with Crippen LogP contribution in [0.2, 0.25) is 0 Å². The molecule has 1 heterocycles. The smallest absolute Gasteiger partial charge is 0.146 e. The summed E-state index contributed by atoms with van der Waals surface area (Å²) >= 11 is 0. The average molecular weight is 371 g/mol. The molecule has 0 N–H and O–H groups in total. The van der Waals surface area contributed by atoms with Gasteiger partial charge in [0.25, 0.3) is 0 Å². The maximum Gasteiger partial charge on any atom is 0.146 e. The van der Waals surface area contributed by atoms with E-state index in [4.69, 9.17) is 0 Å². The first-order valence-corrected chi connectivity index (χ1v) is 10.5. The molecular weight excluding hydrogens is 344 g/mol. The molecule has 0 radical (unpaired) electrons. The molecule has 0 aromatic carbocycles. The highest BCUT2D eigenvalue weighted by Gasteiger charge is 2.24. The second-order valence-electron chi connectivity index (χ2n) is 6.54. The van der Waals surface area contributed by atoms with Gasteiger partial charge in [0.1, 0.15) is 18.9 Å². The summed E-state index contributed by atoms with van der Waals surface area (Å²) in [6.45, 7) is 5.84. The van der Waals surface area contributed by atoms with E-state index in [-0.39, 0.29) is 15.7 Å². The topological polar surface area (TPSA) is 51.2 Å². The minimum absolute atomic E-state index is 0.00546. The summed E-state index contributed by atoms with van der Waals surface area (Å²) in [5.74, 6) is 0.961. The number of hydrogen-bond donors (Lipinski definition) is 0. The van der Waals surface area contributed by atoms with Crippen LogP contribution < -0.4 is 0 Å². The molecule has 138 valence electrons. The highest BCUT2D eigenvalue weighted by Crippen LogP contribution is 2.40. The van der Waals surface area contributed by atoms with Crippen LogP contribution in [-0.2, 0) is 14.4 Å². The van der Waals surface area contributed by atoms with Gasteiger partial charge < -0.3 is 0 Å². The number of rotatable bonds is 9. The first-order chi connectivity index (χ1) is 12.6. The van der Waals surface area contributed by atoms with Gasteiger partial charge in [-0.05, 0) is 66.9 Å². The van der Waals surface area contributed by atoms with Crippen molar-refractivity contribution in [3.8, 4) is 0 Å². The summed E-state index contributed by atoms with van der Waals surface area (Å²) in [4.78, 5) is 32.9. The zero-order valence-electron chi connectivity index (χ0n) is 15.3. The van der Waals surface area contributed by atoms with Crippen LogP contribution in [0.25, 0.3) is 0 Å². The van der Waals surface area contributed by atoms with Crippen molar-refractivity contribution in [1.29, 1.82) is 0 Å². The third kappa shape index (κ3) is 5.21. The Kier molecular flexibility index (Phi) is 7.92. The Morgan fingerprint density at radius 1 is 1.08 bits per heavy atom. The Balaban J connectivity index is 2.35. The fraction of sp³-hybridized carbons (Fsp3) is 0.364. The lowest BCUT2D eigenvalue weighted by Crippen LogP contribution is -2.18. The van der Waals surface area contributed by atoms with Crippen LogP contribution in [0.1, 0.15) is 39.0 Å². The highest BCUT2D eigenvalue weighted by molar-refractivity contribution is 8.16. The highest BCUT2D eigenvalue weighted by atomic mass is 32.2. The Morgan fingerprint density at radius 3 is 2.31 bits per heavy atom. The van der Waals surface area contributed by atoms with E-state index < -0.39 is 0 Å². The number of hydrogen-bond acceptors (Lipinski definition) is 3. The summed E-state index contributed by atoms with van der Waals surface area (Å²) in [6, 6.07) is 0. The van der Waals surface area contributed by atoms with Crippen LogP contribution in [0.3, 0.4) is 0 Å². The third-order valence-corrected chi connectivity index (χ3v) is 7.22. The molecule has 0 aromatic heterocycles. The first-order valence-electron chi connectivity index (χ1n) is 8.93. The van der Waals surface area contributed by atoms with Gasteiger partial charge in [-0.25, -0.2) is 0 Å². The van der Waals surface area contributed by atoms with E-state index in [1.54, 1.807) is 0 Å². The predicted molar refractivity (Wildman–Crippen MR) is 111 cm³/mol. The third-order valence-electron chi connectivity index (χ3n) is 4.85. The lowest BCUT2D eigenvalue weighted by atomic mass is 9.91. The molecule has 26 heavy (non-hydrogen) atoms. The molecule has 1 aliphatic heterocycles. The van der Waals surface area contributed by atoms with Crippen LogP contribution in [-0.4, -0.2) is 35.2 Å². The Morgan fingerprint density at radius 2 is 1.81 bits per heavy atom. The van der Waals surface area contributed by atoms with Gasteiger partial charge >= 0.3 is 0 Å². The van der Waals surface area contributed by atoms with Crippen LogP contribution >= 0.6 is 10.5 Å². The van der Waals surface area contributed by atoms with Gasteiger partial charge in [0.2, 0.25) is 0 Å². The molecule has 2 unspecified atom stereocenters. The number of aldehydes is 3. The summed E-state index contributed by atoms with van der Waals surface area (Å²) in [5.41, 5.74) is 4.95. The van der Waals surface area contributed by atoms with Crippen LogP contribution in [0.15, 0.2) is 58.7 Å². The SMILES string of the molecule is C=C(C=O)CCC(=CC)C(C1=CC=C(C=O)CC1)S1=CC=C(C=O)CC1. The fourth-order valence-corrected chi connectivity index (χ4v) is 5.84. The summed E-state index contributed by atoms with van der Waals surface area (Å²) in [7, 11) is 0.00546. The zero-order chi connectivity index (χ0) is 18.9. The number of carbonyl (C=O) groups is 3. The van der Waals surface area contributed by atoms with Crippen molar-refractivity contribution in [2.45, 2.75) is 44.3 Å². The normalized spacial score (nSPS) is 21.5. The lowest BCUT2D eigenvalue weighted by Gasteiger charge is -2.30. The molecule has 2 rings (SSSR count). The van der Waals surface area contributed by atoms with Crippen molar-refractivity contribution in [3.63, 3.8) is 0 Å². The molecule has 4 heteroatoms. The minimum atomic E-state index is 0.00546. The van der Waals surface area contributed by atoms with Crippen LogP contribution in [0.5, 0.6) is 0 Å². The zero-order valence-corrected chi connectivity index (χ0v) is 16.1. The quantitative estimate of drug-likeness (QED) is 0.263. The van der Waals surface area contributed by atoms with Gasteiger partial charge in [0.15, 0.2) is 0 Å². The largest absolute Gasteiger partial charge is 0.298 e. The average Bonchev–Trinajstić information content (AvgIpc) is 2.71. The molecule has 0 spiro atoms. The molecule has 0 bridgehead atoms. The van der Waals surface area contributed by atoms with Gasteiger partial charge in [-0.3, -0.25) is 14.4 Å². The van der Waals surface area contributed by atoms with Crippen LogP contribution in [0, 0.1) is 0 Å². The molecule has 1 aliphatic carbocycles. The fourth-order valence-electron chi connectivity index (χ4n) is 3.26. The van der Waals surface area contributed by atoms with Gasteiger partial charge in [0.05, 0.1) is 0 Å². The minimum Gasteiger partial charge on any atom is -0.298 e. The monoisotopic (exact) mass is 370 g/mol. The maximum atomic E-state index is 11.0. The maximum absolute atomic E-state index is 11.0. The van der Waals surface area contributed by atoms with Gasteiger partial charge in [-0.15, -0.1) is 0 Å². The Labute approximate surface area is 158 Å². The van der Waals surface area contributed by atoms with Crippen LogP contribution in [0.4, 0.5) is 0 Å². The second-order valence-corrected chi connectivity index (χ2v) is 8.63. The second kappa shape index (κ2) is 10.2. The summed E-state index contributed by atoms with van der Waals surface area (Å²) in [5, 5.41) is 2.45. The standard InChI is InChI=1S/C22H26O3S/c1-3-20(7-4-17(2)14-23)22(21-8-5-18(15-24)6-9-21)26-12-10-19(16-25)11-13-26/h3,5,8,10,12,14-16,22H,2,4,6-7,9,11,13H2,1H3. The van der Waals surface area contributed by atoms with E-state index in [9.17, 15) is 14.4 Å².